The molecule has 3 saturated heterocycles. The fourth-order valence-corrected chi connectivity index (χ4v) is 7.30. The molecule has 2 aliphatic carbocycles. The van der Waals surface area contributed by atoms with Crippen molar-refractivity contribution >= 4 is 5.91 Å². The minimum absolute atomic E-state index is 0.123. The van der Waals surface area contributed by atoms with Gasteiger partial charge < -0.3 is 20.7 Å². The fraction of sp³-hybridized carbons (Fsp3) is 0.962. The van der Waals surface area contributed by atoms with E-state index in [1.807, 2.05) is 0 Å². The molecular formula is C26H49N7O2. The lowest BCUT2D eigenvalue weighted by Gasteiger charge is -2.42. The third-order valence-corrected chi connectivity index (χ3v) is 9.23. The Labute approximate surface area is 211 Å². The molecule has 0 radical (unpaired) electrons. The van der Waals surface area contributed by atoms with Crippen LogP contribution in [-0.2, 0) is 9.53 Å². The molecule has 3 heterocycles. The van der Waals surface area contributed by atoms with Crippen LogP contribution in [0.15, 0.2) is 0 Å². The molecule has 8 atom stereocenters. The van der Waals surface area contributed by atoms with E-state index >= 15 is 0 Å². The molecular weight excluding hydrogens is 442 g/mol. The van der Waals surface area contributed by atoms with Crippen molar-refractivity contribution in [3.63, 3.8) is 0 Å². The lowest BCUT2D eigenvalue weighted by atomic mass is 9.74. The van der Waals surface area contributed by atoms with E-state index in [2.05, 4.69) is 43.9 Å². The molecule has 0 aromatic heterocycles. The van der Waals surface area contributed by atoms with E-state index in [4.69, 9.17) is 4.74 Å². The monoisotopic (exact) mass is 491 g/mol. The number of carbonyl (C=O) groups is 1. The maximum absolute atomic E-state index is 13.3. The summed E-state index contributed by atoms with van der Waals surface area (Å²) in [6.07, 6.45) is 12.2. The second-order valence-electron chi connectivity index (χ2n) is 11.6. The van der Waals surface area contributed by atoms with Gasteiger partial charge in [0, 0.05) is 44.4 Å². The van der Waals surface area contributed by atoms with Crippen molar-refractivity contribution in [2.45, 2.75) is 102 Å². The Morgan fingerprint density at radius 2 is 1.97 bits per heavy atom. The van der Waals surface area contributed by atoms with E-state index in [-0.39, 0.29) is 24.0 Å². The van der Waals surface area contributed by atoms with Gasteiger partial charge in [-0.2, -0.15) is 0 Å². The standard InChI is InChI=1S/C26H49N7O2/c1-2-12-33-24(31-32-25(33)22-10-11-27-17-29-22)14-28-20-8-5-7-18(13-20)26(34)30-23-16-35-15-19-6-3-4-9-21(19)23/h18-25,27-29,31-32H,2-17H2,1H3,(H,30,34)/t18?,19?,20?,21?,22?,23-,24?,25?/m0/s1. The average molecular weight is 492 g/mol. The van der Waals surface area contributed by atoms with Crippen molar-refractivity contribution in [1.29, 1.82) is 0 Å². The van der Waals surface area contributed by atoms with Crippen LogP contribution in [0, 0.1) is 17.8 Å². The van der Waals surface area contributed by atoms with E-state index in [0.717, 1.165) is 71.4 Å². The summed E-state index contributed by atoms with van der Waals surface area (Å²) in [6, 6.07) is 1.08. The van der Waals surface area contributed by atoms with Crippen LogP contribution in [0.2, 0.25) is 0 Å². The Balaban J connectivity index is 1.10. The van der Waals surface area contributed by atoms with Crippen molar-refractivity contribution in [2.75, 3.05) is 39.5 Å². The Hall–Kier alpha value is -0.810. The van der Waals surface area contributed by atoms with Gasteiger partial charge >= 0.3 is 0 Å². The second-order valence-corrected chi connectivity index (χ2v) is 11.6. The first kappa shape index (κ1) is 25.8. The van der Waals surface area contributed by atoms with Crippen LogP contribution in [0.4, 0.5) is 0 Å². The van der Waals surface area contributed by atoms with Gasteiger partial charge in [-0.15, -0.1) is 0 Å². The highest BCUT2D eigenvalue weighted by atomic mass is 16.5. The molecule has 35 heavy (non-hydrogen) atoms. The third kappa shape index (κ3) is 6.37. The Bertz CT molecular complexity index is 674. The van der Waals surface area contributed by atoms with Crippen LogP contribution < -0.4 is 32.1 Å². The highest BCUT2D eigenvalue weighted by Gasteiger charge is 2.39. The van der Waals surface area contributed by atoms with Gasteiger partial charge in [-0.05, 0) is 63.3 Å². The topological polar surface area (TPSA) is 102 Å². The normalized spacial score (nSPS) is 40.8. The van der Waals surface area contributed by atoms with Gasteiger partial charge in [0.25, 0.3) is 0 Å². The van der Waals surface area contributed by atoms with E-state index in [9.17, 15) is 4.79 Å². The minimum Gasteiger partial charge on any atom is -0.379 e. The first-order valence-electron chi connectivity index (χ1n) is 14.5. The Morgan fingerprint density at radius 3 is 2.83 bits per heavy atom. The average Bonchev–Trinajstić information content (AvgIpc) is 3.31. The molecule has 1 amide bonds. The van der Waals surface area contributed by atoms with Crippen LogP contribution in [0.5, 0.6) is 0 Å². The molecule has 2 saturated carbocycles. The lowest BCUT2D eigenvalue weighted by molar-refractivity contribution is -0.130. The first-order chi connectivity index (χ1) is 17.2. The SMILES string of the molecule is CCCN1C(CNC2CCCC(C(=O)N[C@H]3COCC4CCCCC43)C2)NNC1C1CCNCN1. The largest absolute Gasteiger partial charge is 0.379 e. The second kappa shape index (κ2) is 12.6. The quantitative estimate of drug-likeness (QED) is 0.297. The number of rotatable bonds is 8. The maximum atomic E-state index is 13.3. The summed E-state index contributed by atoms with van der Waals surface area (Å²) in [5.74, 6) is 1.65. The number of hydrogen-bond donors (Lipinski definition) is 6. The van der Waals surface area contributed by atoms with Crippen molar-refractivity contribution < 1.29 is 9.53 Å². The summed E-state index contributed by atoms with van der Waals surface area (Å²) < 4.78 is 5.89. The zero-order valence-corrected chi connectivity index (χ0v) is 21.7. The summed E-state index contributed by atoms with van der Waals surface area (Å²) in [5, 5.41) is 14.3. The molecule has 9 heteroatoms. The van der Waals surface area contributed by atoms with E-state index < -0.39 is 0 Å². The number of nitrogens with zero attached hydrogens (tertiary/aromatic N) is 1. The van der Waals surface area contributed by atoms with Crippen molar-refractivity contribution in [2.24, 2.45) is 17.8 Å². The summed E-state index contributed by atoms with van der Waals surface area (Å²) in [6.45, 7) is 7.76. The molecule has 3 aliphatic heterocycles. The zero-order chi connectivity index (χ0) is 24.0. The molecule has 200 valence electrons. The van der Waals surface area contributed by atoms with Gasteiger partial charge in [0.2, 0.25) is 5.91 Å². The van der Waals surface area contributed by atoms with Crippen molar-refractivity contribution in [3.05, 3.63) is 0 Å². The predicted octanol–water partition coefficient (Wildman–Crippen LogP) is 0.837. The van der Waals surface area contributed by atoms with E-state index in [0.29, 0.717) is 36.7 Å². The van der Waals surface area contributed by atoms with Gasteiger partial charge in [-0.1, -0.05) is 26.2 Å². The van der Waals surface area contributed by atoms with Gasteiger partial charge in [-0.25, -0.2) is 10.9 Å². The Morgan fingerprint density at radius 1 is 1.06 bits per heavy atom. The van der Waals surface area contributed by atoms with Crippen molar-refractivity contribution in [3.8, 4) is 0 Å². The summed E-state index contributed by atoms with van der Waals surface area (Å²) in [7, 11) is 0. The van der Waals surface area contributed by atoms with Crippen LogP contribution in [-0.4, -0.2) is 80.8 Å². The molecule has 6 N–H and O–H groups in total. The lowest BCUT2D eigenvalue weighted by Crippen LogP contribution is -2.59. The molecule has 9 nitrogen and oxygen atoms in total. The molecule has 0 aromatic carbocycles. The summed E-state index contributed by atoms with van der Waals surface area (Å²) >= 11 is 0. The van der Waals surface area contributed by atoms with Gasteiger partial charge in [-0.3, -0.25) is 15.0 Å². The summed E-state index contributed by atoms with van der Waals surface area (Å²) in [5.41, 5.74) is 7.12. The molecule has 0 bridgehead atoms. The van der Waals surface area contributed by atoms with Gasteiger partial charge in [0.05, 0.1) is 25.0 Å². The van der Waals surface area contributed by atoms with Crippen molar-refractivity contribution in [1.82, 2.24) is 37.0 Å². The number of carbonyl (C=O) groups excluding carboxylic acids is 1. The fourth-order valence-electron chi connectivity index (χ4n) is 7.30. The van der Waals surface area contributed by atoms with Crippen LogP contribution >= 0.6 is 0 Å². The number of nitrogens with one attached hydrogen (secondary N) is 6. The van der Waals surface area contributed by atoms with Crippen LogP contribution in [0.25, 0.3) is 0 Å². The zero-order valence-electron chi connectivity index (χ0n) is 21.7. The number of hydrogen-bond acceptors (Lipinski definition) is 8. The molecule has 7 unspecified atom stereocenters. The molecule has 0 spiro atoms. The molecule has 5 aliphatic rings. The number of ether oxygens (including phenoxy) is 1. The third-order valence-electron chi connectivity index (χ3n) is 9.23. The summed E-state index contributed by atoms with van der Waals surface area (Å²) in [4.78, 5) is 15.8. The smallest absolute Gasteiger partial charge is 0.223 e. The Kier molecular flexibility index (Phi) is 9.32. The first-order valence-corrected chi connectivity index (χ1v) is 14.5. The predicted molar refractivity (Wildman–Crippen MR) is 137 cm³/mol. The van der Waals surface area contributed by atoms with Crippen LogP contribution in [0.3, 0.4) is 0 Å². The number of fused-ring (bicyclic) bond motifs is 1. The van der Waals surface area contributed by atoms with Gasteiger partial charge in [0.15, 0.2) is 0 Å². The number of hydrazine groups is 1. The highest BCUT2D eigenvalue weighted by molar-refractivity contribution is 5.79. The van der Waals surface area contributed by atoms with E-state index in [1.54, 1.807) is 0 Å². The minimum atomic E-state index is 0.123. The van der Waals surface area contributed by atoms with Gasteiger partial charge in [0.1, 0.15) is 0 Å². The van der Waals surface area contributed by atoms with E-state index in [1.165, 1.54) is 25.7 Å². The maximum Gasteiger partial charge on any atom is 0.223 e. The number of amides is 1. The molecule has 5 rings (SSSR count). The molecule has 5 fully saturated rings. The van der Waals surface area contributed by atoms with Crippen LogP contribution in [0.1, 0.15) is 71.1 Å². The molecule has 0 aromatic rings. The highest BCUT2D eigenvalue weighted by Crippen LogP contribution is 2.36.